The van der Waals surface area contributed by atoms with Crippen molar-refractivity contribution in [1.82, 2.24) is 10.1 Å². The van der Waals surface area contributed by atoms with E-state index in [4.69, 9.17) is 9.63 Å². The smallest absolute Gasteiger partial charge is 0.320 e. The minimum atomic E-state index is -0.872. The first-order valence-electron chi connectivity index (χ1n) is 6.26. The number of aromatic nitrogens is 1. The van der Waals surface area contributed by atoms with Crippen LogP contribution in [0.1, 0.15) is 25.0 Å². The number of aliphatic carboxylic acids is 1. The van der Waals surface area contributed by atoms with Crippen molar-refractivity contribution in [2.24, 2.45) is 0 Å². The Morgan fingerprint density at radius 3 is 2.90 bits per heavy atom. The first kappa shape index (κ1) is 16.5. The van der Waals surface area contributed by atoms with E-state index < -0.39 is 12.0 Å². The number of carbonyl (C=O) groups excluding carboxylic acids is 1. The molecule has 8 heteroatoms. The number of carboxylic acids is 1. The Bertz CT molecular complexity index is 477. The van der Waals surface area contributed by atoms with Crippen molar-refractivity contribution in [3.05, 3.63) is 11.8 Å². The summed E-state index contributed by atoms with van der Waals surface area (Å²) in [6.45, 7) is 2.43. The fourth-order valence-corrected chi connectivity index (χ4v) is 2.24. The van der Waals surface area contributed by atoms with Crippen LogP contribution in [0.25, 0.3) is 0 Å². The molecule has 2 rings (SSSR count). The number of piperidine rings is 1. The molecule has 20 heavy (non-hydrogen) atoms. The summed E-state index contributed by atoms with van der Waals surface area (Å²) in [7, 11) is 0. The van der Waals surface area contributed by atoms with Gasteiger partial charge in [-0.1, -0.05) is 11.6 Å². The van der Waals surface area contributed by atoms with E-state index in [2.05, 4.69) is 10.5 Å². The first-order chi connectivity index (χ1) is 9.06. The van der Waals surface area contributed by atoms with Crippen molar-refractivity contribution in [3.63, 3.8) is 0 Å². The molecule has 0 bridgehead atoms. The summed E-state index contributed by atoms with van der Waals surface area (Å²) in [5.41, 5.74) is 0.677. The molecule has 0 aromatic carbocycles. The predicted molar refractivity (Wildman–Crippen MR) is 74.0 cm³/mol. The van der Waals surface area contributed by atoms with Gasteiger partial charge in [-0.2, -0.15) is 0 Å². The van der Waals surface area contributed by atoms with Crippen LogP contribution in [0, 0.1) is 6.92 Å². The summed E-state index contributed by atoms with van der Waals surface area (Å²) < 4.78 is 4.88. The Morgan fingerprint density at radius 2 is 2.30 bits per heavy atom. The Kier molecular flexibility index (Phi) is 5.97. The molecule has 1 unspecified atom stereocenters. The van der Waals surface area contributed by atoms with Crippen LogP contribution in [0.4, 0.5) is 5.88 Å². The van der Waals surface area contributed by atoms with E-state index in [0.717, 1.165) is 12.8 Å². The third kappa shape index (κ3) is 4.21. The molecule has 0 spiro atoms. The van der Waals surface area contributed by atoms with Crippen LogP contribution in [-0.2, 0) is 9.59 Å². The van der Waals surface area contributed by atoms with E-state index in [9.17, 15) is 9.59 Å². The number of rotatable bonds is 4. The number of hydrogen-bond acceptors (Lipinski definition) is 5. The number of hydrogen-bond donors (Lipinski definition) is 2. The summed E-state index contributed by atoms with van der Waals surface area (Å²) in [5.74, 6) is -0.876. The molecule has 0 radical (unpaired) electrons. The summed E-state index contributed by atoms with van der Waals surface area (Å²) in [4.78, 5) is 24.6. The molecule has 1 aliphatic heterocycles. The Hall–Kier alpha value is -1.60. The highest BCUT2D eigenvalue weighted by Gasteiger charge is 2.29. The molecule has 0 saturated carbocycles. The van der Waals surface area contributed by atoms with E-state index in [1.807, 2.05) is 0 Å². The Labute approximate surface area is 122 Å². The Morgan fingerprint density at radius 1 is 1.55 bits per heavy atom. The molecule has 1 atom stereocenters. The lowest BCUT2D eigenvalue weighted by Gasteiger charge is -2.31. The fraction of sp³-hybridized carbons (Fsp3) is 0.583. The average Bonchev–Trinajstić information content (AvgIpc) is 2.75. The van der Waals surface area contributed by atoms with Gasteiger partial charge in [-0.05, 0) is 26.3 Å². The fourth-order valence-electron chi connectivity index (χ4n) is 2.24. The molecular weight excluding hydrogens is 286 g/mol. The number of halogens is 1. The molecule has 1 aromatic heterocycles. The average molecular weight is 304 g/mol. The van der Waals surface area contributed by atoms with Gasteiger partial charge in [0.25, 0.3) is 0 Å². The number of nitrogens with zero attached hydrogens (tertiary/aromatic N) is 2. The van der Waals surface area contributed by atoms with Gasteiger partial charge in [-0.15, -0.1) is 12.4 Å². The molecule has 112 valence electrons. The number of nitrogens with one attached hydrogen (secondary N) is 1. The zero-order valence-corrected chi connectivity index (χ0v) is 12.0. The number of amides is 1. The van der Waals surface area contributed by atoms with E-state index in [-0.39, 0.29) is 30.7 Å². The lowest BCUT2D eigenvalue weighted by atomic mass is 10.0. The second-order valence-electron chi connectivity index (χ2n) is 4.70. The van der Waals surface area contributed by atoms with Gasteiger partial charge in [0.2, 0.25) is 11.8 Å². The van der Waals surface area contributed by atoms with Gasteiger partial charge in [0.1, 0.15) is 6.04 Å². The van der Waals surface area contributed by atoms with Gasteiger partial charge < -0.3 is 9.63 Å². The monoisotopic (exact) mass is 303 g/mol. The molecule has 2 heterocycles. The Balaban J connectivity index is 0.00000200. The zero-order valence-electron chi connectivity index (χ0n) is 11.2. The lowest BCUT2D eigenvalue weighted by molar-refractivity contribution is -0.145. The number of likely N-dealkylation sites (tertiary alicyclic amines) is 1. The molecule has 1 aliphatic rings. The molecule has 1 amide bonds. The normalized spacial score (nSPS) is 19.1. The molecule has 7 nitrogen and oxygen atoms in total. The molecule has 1 saturated heterocycles. The van der Waals surface area contributed by atoms with Crippen molar-refractivity contribution >= 4 is 30.2 Å². The summed E-state index contributed by atoms with van der Waals surface area (Å²) >= 11 is 0. The van der Waals surface area contributed by atoms with E-state index >= 15 is 0 Å². The maximum absolute atomic E-state index is 11.8. The highest BCUT2D eigenvalue weighted by atomic mass is 35.5. The van der Waals surface area contributed by atoms with Crippen LogP contribution in [0.2, 0.25) is 0 Å². The van der Waals surface area contributed by atoms with Gasteiger partial charge in [0.05, 0.1) is 12.2 Å². The topological polar surface area (TPSA) is 95.7 Å². The molecule has 1 fully saturated rings. The van der Waals surface area contributed by atoms with Gasteiger partial charge >= 0.3 is 5.97 Å². The van der Waals surface area contributed by atoms with Gasteiger partial charge in [0.15, 0.2) is 0 Å². The highest BCUT2D eigenvalue weighted by molar-refractivity contribution is 5.91. The number of carbonyl (C=O) groups is 2. The second-order valence-corrected chi connectivity index (χ2v) is 4.70. The minimum absolute atomic E-state index is 0. The summed E-state index contributed by atoms with van der Waals surface area (Å²) in [6.07, 6.45) is 2.39. The second kappa shape index (κ2) is 7.25. The third-order valence-electron chi connectivity index (χ3n) is 3.14. The van der Waals surface area contributed by atoms with Gasteiger partial charge in [-0.25, -0.2) is 0 Å². The van der Waals surface area contributed by atoms with E-state index in [1.165, 1.54) is 0 Å². The van der Waals surface area contributed by atoms with Crippen LogP contribution >= 0.6 is 12.4 Å². The third-order valence-corrected chi connectivity index (χ3v) is 3.14. The number of aryl methyl sites for hydroxylation is 1. The molecule has 2 N–H and O–H groups in total. The maximum Gasteiger partial charge on any atom is 0.320 e. The van der Waals surface area contributed by atoms with Crippen molar-refractivity contribution in [2.75, 3.05) is 18.4 Å². The molecular formula is C12H18ClN3O4. The van der Waals surface area contributed by atoms with E-state index in [1.54, 1.807) is 17.9 Å². The van der Waals surface area contributed by atoms with Crippen molar-refractivity contribution in [1.29, 1.82) is 0 Å². The van der Waals surface area contributed by atoms with Crippen LogP contribution in [-0.4, -0.2) is 46.2 Å². The predicted octanol–water partition coefficient (Wildman–Crippen LogP) is 1.28. The van der Waals surface area contributed by atoms with Crippen molar-refractivity contribution in [3.8, 4) is 0 Å². The molecule has 1 aromatic rings. The first-order valence-corrected chi connectivity index (χ1v) is 6.26. The standard InChI is InChI=1S/C12H17N3O4.ClH/c1-8-6-11(19-14-8)13-10(16)7-15-5-3-2-4-9(15)12(17)18;/h6,9H,2-5,7H2,1H3,(H,13,16)(H,17,18);1H. The largest absolute Gasteiger partial charge is 0.480 e. The highest BCUT2D eigenvalue weighted by Crippen LogP contribution is 2.17. The number of anilines is 1. The quantitative estimate of drug-likeness (QED) is 0.870. The summed E-state index contributed by atoms with van der Waals surface area (Å²) in [5, 5.41) is 15.3. The zero-order chi connectivity index (χ0) is 13.8. The van der Waals surface area contributed by atoms with Crippen molar-refractivity contribution in [2.45, 2.75) is 32.2 Å². The minimum Gasteiger partial charge on any atom is -0.480 e. The van der Waals surface area contributed by atoms with Crippen LogP contribution in [0.3, 0.4) is 0 Å². The molecule has 0 aliphatic carbocycles. The van der Waals surface area contributed by atoms with Crippen LogP contribution in [0.5, 0.6) is 0 Å². The van der Waals surface area contributed by atoms with Gasteiger partial charge in [0, 0.05) is 6.07 Å². The van der Waals surface area contributed by atoms with Crippen molar-refractivity contribution < 1.29 is 19.2 Å². The lowest BCUT2D eigenvalue weighted by Crippen LogP contribution is -2.47. The van der Waals surface area contributed by atoms with Gasteiger partial charge in [-0.3, -0.25) is 19.8 Å². The van der Waals surface area contributed by atoms with Crippen LogP contribution < -0.4 is 5.32 Å². The van der Waals surface area contributed by atoms with E-state index in [0.29, 0.717) is 18.7 Å². The van der Waals surface area contributed by atoms with Crippen LogP contribution in [0.15, 0.2) is 10.6 Å². The maximum atomic E-state index is 11.8. The number of carboxylic acid groups (broad SMARTS) is 1. The summed E-state index contributed by atoms with van der Waals surface area (Å²) in [6, 6.07) is 1.04. The SMILES string of the molecule is Cc1cc(NC(=O)CN2CCCCC2C(=O)O)on1.Cl.